The van der Waals surface area contributed by atoms with Crippen molar-refractivity contribution in [3.63, 3.8) is 0 Å². The molecule has 5 heteroatoms. The van der Waals surface area contributed by atoms with Crippen LogP contribution in [0.4, 0.5) is 4.79 Å². The maximum Gasteiger partial charge on any atom is 0.404 e. The minimum absolute atomic E-state index is 0.198. The van der Waals surface area contributed by atoms with E-state index in [-0.39, 0.29) is 18.3 Å². The Morgan fingerprint density at radius 2 is 2.00 bits per heavy atom. The Bertz CT molecular complexity index is 399. The van der Waals surface area contributed by atoms with E-state index in [1.54, 1.807) is 0 Å². The molecule has 0 radical (unpaired) electrons. The van der Waals surface area contributed by atoms with Crippen molar-refractivity contribution in [2.45, 2.75) is 13.2 Å². The molecule has 0 bridgehead atoms. The van der Waals surface area contributed by atoms with Crippen molar-refractivity contribution in [1.82, 2.24) is 0 Å². The molecular weight excluding hydrogens is 234 g/mol. The topological polar surface area (TPSA) is 70.8 Å². The van der Waals surface area contributed by atoms with E-state index in [9.17, 15) is 4.79 Å². The minimum atomic E-state index is -0.776. The van der Waals surface area contributed by atoms with E-state index in [4.69, 9.17) is 19.9 Å². The molecule has 2 N–H and O–H groups in total. The second-order valence-electron chi connectivity index (χ2n) is 4.78. The summed E-state index contributed by atoms with van der Waals surface area (Å²) in [4.78, 5) is 10.6. The predicted octanol–water partition coefficient (Wildman–Crippen LogP) is 1.83. The van der Waals surface area contributed by atoms with E-state index in [1.165, 1.54) is 0 Å². The van der Waals surface area contributed by atoms with Crippen LogP contribution < -0.4 is 5.73 Å². The molecule has 0 atom stereocenters. The van der Waals surface area contributed by atoms with Gasteiger partial charge in [-0.1, -0.05) is 37.3 Å². The maximum atomic E-state index is 10.6. The number of rotatable bonds is 3. The third-order valence-electron chi connectivity index (χ3n) is 2.80. The molecule has 1 amide bonds. The quantitative estimate of drug-likeness (QED) is 0.889. The lowest BCUT2D eigenvalue weighted by Crippen LogP contribution is -2.41. The van der Waals surface area contributed by atoms with Crippen LogP contribution in [-0.2, 0) is 14.2 Å². The molecule has 1 fully saturated rings. The first-order valence-corrected chi connectivity index (χ1v) is 5.79. The van der Waals surface area contributed by atoms with Gasteiger partial charge < -0.3 is 19.9 Å². The van der Waals surface area contributed by atoms with Gasteiger partial charge in [0.25, 0.3) is 0 Å². The molecule has 0 aromatic heterocycles. The number of amides is 1. The average Bonchev–Trinajstić information content (AvgIpc) is 2.39. The Morgan fingerprint density at radius 1 is 1.39 bits per heavy atom. The van der Waals surface area contributed by atoms with Gasteiger partial charge in [-0.25, -0.2) is 4.79 Å². The van der Waals surface area contributed by atoms with Crippen LogP contribution in [-0.4, -0.2) is 25.9 Å². The Hall–Kier alpha value is -1.59. The van der Waals surface area contributed by atoms with Gasteiger partial charge in [0.2, 0.25) is 0 Å². The third-order valence-corrected chi connectivity index (χ3v) is 2.80. The number of hydrogen-bond donors (Lipinski definition) is 1. The molecule has 0 saturated carbocycles. The van der Waals surface area contributed by atoms with Gasteiger partial charge in [-0.2, -0.15) is 0 Å². The summed E-state index contributed by atoms with van der Waals surface area (Å²) in [5.41, 5.74) is 5.58. The Balaban J connectivity index is 1.89. The highest BCUT2D eigenvalue weighted by Gasteiger charge is 2.34. The highest BCUT2D eigenvalue weighted by atomic mass is 16.7. The standard InChI is InChI=1S/C13H17NO4/c1-13(9-18-12(14)15)7-16-11(17-8-13)10-5-3-2-4-6-10/h2-6,11H,7-9H2,1H3,(H2,14,15). The molecule has 1 aromatic rings. The molecule has 0 unspecified atom stereocenters. The van der Waals surface area contributed by atoms with Gasteiger partial charge in [0.15, 0.2) is 6.29 Å². The van der Waals surface area contributed by atoms with Crippen molar-refractivity contribution in [2.24, 2.45) is 11.1 Å². The Morgan fingerprint density at radius 3 is 2.56 bits per heavy atom. The average molecular weight is 251 g/mol. The number of benzene rings is 1. The fourth-order valence-corrected chi connectivity index (χ4v) is 1.77. The molecule has 1 aromatic carbocycles. The van der Waals surface area contributed by atoms with Gasteiger partial charge >= 0.3 is 6.09 Å². The van der Waals surface area contributed by atoms with Crippen LogP contribution in [0.5, 0.6) is 0 Å². The van der Waals surface area contributed by atoms with Crippen molar-refractivity contribution >= 4 is 6.09 Å². The fourth-order valence-electron chi connectivity index (χ4n) is 1.77. The van der Waals surface area contributed by atoms with Gasteiger partial charge in [0.05, 0.1) is 13.2 Å². The van der Waals surface area contributed by atoms with E-state index in [2.05, 4.69) is 0 Å². The fraction of sp³-hybridized carbons (Fsp3) is 0.462. The maximum absolute atomic E-state index is 10.6. The lowest BCUT2D eigenvalue weighted by molar-refractivity contribution is -0.236. The second-order valence-corrected chi connectivity index (χ2v) is 4.78. The monoisotopic (exact) mass is 251 g/mol. The van der Waals surface area contributed by atoms with Gasteiger partial charge in [0, 0.05) is 11.0 Å². The second kappa shape index (κ2) is 5.37. The van der Waals surface area contributed by atoms with Gasteiger partial charge in [-0.15, -0.1) is 0 Å². The molecule has 1 heterocycles. The van der Waals surface area contributed by atoms with Crippen molar-refractivity contribution in [2.75, 3.05) is 19.8 Å². The van der Waals surface area contributed by atoms with Crippen molar-refractivity contribution in [3.05, 3.63) is 35.9 Å². The first kappa shape index (κ1) is 12.9. The zero-order valence-corrected chi connectivity index (χ0v) is 10.3. The number of ether oxygens (including phenoxy) is 3. The van der Waals surface area contributed by atoms with Gasteiger partial charge in [-0.05, 0) is 0 Å². The van der Waals surface area contributed by atoms with E-state index < -0.39 is 6.09 Å². The molecule has 0 aliphatic carbocycles. The summed E-state index contributed by atoms with van der Waals surface area (Å²) in [6.45, 7) is 3.04. The number of primary amides is 1. The smallest absolute Gasteiger partial charge is 0.404 e. The molecule has 0 spiro atoms. The Labute approximate surface area is 106 Å². The molecule has 2 rings (SSSR count). The summed E-state index contributed by atoms with van der Waals surface area (Å²) in [6.07, 6.45) is -1.13. The van der Waals surface area contributed by atoms with E-state index in [0.29, 0.717) is 13.2 Å². The first-order chi connectivity index (χ1) is 8.59. The van der Waals surface area contributed by atoms with Gasteiger partial charge in [0.1, 0.15) is 6.61 Å². The lowest BCUT2D eigenvalue weighted by atomic mass is 9.93. The first-order valence-electron chi connectivity index (χ1n) is 5.79. The summed E-state index contributed by atoms with van der Waals surface area (Å²) < 4.78 is 16.1. The lowest BCUT2D eigenvalue weighted by Gasteiger charge is -2.36. The predicted molar refractivity (Wildman–Crippen MR) is 64.7 cm³/mol. The van der Waals surface area contributed by atoms with Gasteiger partial charge in [-0.3, -0.25) is 0 Å². The van der Waals surface area contributed by atoms with Crippen LogP contribution in [0.15, 0.2) is 30.3 Å². The Kier molecular flexibility index (Phi) is 3.84. The largest absolute Gasteiger partial charge is 0.449 e. The van der Waals surface area contributed by atoms with Crippen LogP contribution in [0, 0.1) is 5.41 Å². The summed E-state index contributed by atoms with van der Waals surface area (Å²) in [7, 11) is 0. The van der Waals surface area contributed by atoms with Crippen molar-refractivity contribution in [3.8, 4) is 0 Å². The van der Waals surface area contributed by atoms with E-state index in [0.717, 1.165) is 5.56 Å². The van der Waals surface area contributed by atoms with Crippen LogP contribution >= 0.6 is 0 Å². The van der Waals surface area contributed by atoms with Crippen LogP contribution in [0.2, 0.25) is 0 Å². The molecule has 1 saturated heterocycles. The summed E-state index contributed by atoms with van der Waals surface area (Å²) >= 11 is 0. The van der Waals surface area contributed by atoms with Crippen molar-refractivity contribution < 1.29 is 19.0 Å². The van der Waals surface area contributed by atoms with E-state index >= 15 is 0 Å². The zero-order chi connectivity index (χ0) is 13.0. The molecule has 5 nitrogen and oxygen atoms in total. The SMILES string of the molecule is CC1(COC(N)=O)COC(c2ccccc2)OC1. The number of carbonyl (C=O) groups is 1. The number of carbonyl (C=O) groups excluding carboxylic acids is 1. The van der Waals surface area contributed by atoms with Crippen LogP contribution in [0.3, 0.4) is 0 Å². The van der Waals surface area contributed by atoms with E-state index in [1.807, 2.05) is 37.3 Å². The van der Waals surface area contributed by atoms with Crippen molar-refractivity contribution in [1.29, 1.82) is 0 Å². The van der Waals surface area contributed by atoms with Crippen LogP contribution in [0.1, 0.15) is 18.8 Å². The molecule has 18 heavy (non-hydrogen) atoms. The molecular formula is C13H17NO4. The number of nitrogens with two attached hydrogens (primary N) is 1. The summed E-state index contributed by atoms with van der Waals surface area (Å²) in [5, 5.41) is 0. The normalized spacial score (nSPS) is 27.7. The highest BCUT2D eigenvalue weighted by Crippen LogP contribution is 2.31. The van der Waals surface area contributed by atoms with Crippen LogP contribution in [0.25, 0.3) is 0 Å². The molecule has 98 valence electrons. The summed E-state index contributed by atoms with van der Waals surface area (Å²) in [6, 6.07) is 9.72. The minimum Gasteiger partial charge on any atom is -0.449 e. The third kappa shape index (κ3) is 3.21. The molecule has 1 aliphatic heterocycles. The number of hydrogen-bond acceptors (Lipinski definition) is 4. The highest BCUT2D eigenvalue weighted by molar-refractivity contribution is 5.64. The zero-order valence-electron chi connectivity index (χ0n) is 10.3. The molecule has 1 aliphatic rings. The summed E-state index contributed by atoms with van der Waals surface area (Å²) in [5.74, 6) is 0.